The first-order valence-corrected chi connectivity index (χ1v) is 38.2. The van der Waals surface area contributed by atoms with Gasteiger partial charge < -0.3 is 27.9 Å². The molecule has 0 aromatic rings. The van der Waals surface area contributed by atoms with Gasteiger partial charge in [0.15, 0.2) is 6.10 Å². The summed E-state index contributed by atoms with van der Waals surface area (Å²) in [7, 11) is 1.19. The summed E-state index contributed by atoms with van der Waals surface area (Å²) in [6.07, 6.45) is 84.0. The van der Waals surface area contributed by atoms with Crippen LogP contribution in [0.15, 0.2) is 36.5 Å². The number of ether oxygens (including phenoxy) is 2. The van der Waals surface area contributed by atoms with Crippen molar-refractivity contribution in [3.63, 3.8) is 0 Å². The maximum Gasteiger partial charge on any atom is 0.306 e. The van der Waals surface area contributed by atoms with Crippen molar-refractivity contribution in [1.29, 1.82) is 0 Å². The highest BCUT2D eigenvalue weighted by Gasteiger charge is 2.22. The minimum absolute atomic E-state index is 0.0267. The average Bonchev–Trinajstić information content (AvgIpc) is 3.61. The van der Waals surface area contributed by atoms with Crippen molar-refractivity contribution in [2.45, 2.75) is 380 Å². The Labute approximate surface area is 522 Å². The van der Waals surface area contributed by atoms with Crippen molar-refractivity contribution in [2.24, 2.45) is 0 Å². The Morgan fingerprint density at radius 1 is 0.369 bits per heavy atom. The molecule has 84 heavy (non-hydrogen) atoms. The second kappa shape index (κ2) is 65.7. The van der Waals surface area contributed by atoms with Crippen molar-refractivity contribution in [1.82, 2.24) is 0 Å². The summed E-state index contributed by atoms with van der Waals surface area (Å²) < 4.78 is 34.3. The van der Waals surface area contributed by atoms with Crippen molar-refractivity contribution < 1.29 is 42.1 Å². The molecule has 0 radical (unpaired) electrons. The monoisotopic (exact) mass is 1200 g/mol. The number of hydrogen-bond acceptors (Lipinski definition) is 8. The highest BCUT2D eigenvalue weighted by atomic mass is 31.2. The standard InChI is InChI=1S/C74H142NO8P/c1-6-8-10-12-14-16-18-20-22-24-26-27-28-29-30-31-32-33-34-35-36-37-38-39-40-41-42-43-44-45-46-47-49-51-53-55-57-59-61-63-65-67-74(77)83-72(71-82-84(78,79)81-69-68-75(3,4)5)70-80-73(76)66-64-62-60-58-56-54-52-50-48-25-23-21-19-17-15-13-11-9-7-2/h18,20,24,26,28-29,72H,6-17,19,21-23,25,27,30-71H2,1-5H3/b20-18-,26-24-,29-28-. The third kappa shape index (κ3) is 69.3. The van der Waals surface area contributed by atoms with Crippen molar-refractivity contribution >= 4 is 19.8 Å². The van der Waals surface area contributed by atoms with Crippen LogP contribution >= 0.6 is 7.82 Å². The number of esters is 2. The minimum atomic E-state index is -4.64. The number of carbonyl (C=O) groups is 2. The van der Waals surface area contributed by atoms with Crippen LogP contribution in [-0.2, 0) is 32.7 Å². The average molecular weight is 1200 g/mol. The van der Waals surface area contributed by atoms with E-state index in [9.17, 15) is 19.0 Å². The maximum atomic E-state index is 12.9. The van der Waals surface area contributed by atoms with E-state index in [0.29, 0.717) is 17.4 Å². The Balaban J connectivity index is 3.87. The van der Waals surface area contributed by atoms with Gasteiger partial charge in [-0.05, 0) is 51.4 Å². The van der Waals surface area contributed by atoms with E-state index in [4.69, 9.17) is 18.5 Å². The summed E-state index contributed by atoms with van der Waals surface area (Å²) in [4.78, 5) is 38.0. The Morgan fingerprint density at radius 2 is 0.643 bits per heavy atom. The number of quaternary nitrogens is 1. The summed E-state index contributed by atoms with van der Waals surface area (Å²) in [5, 5.41) is 0. The van der Waals surface area contributed by atoms with Gasteiger partial charge in [-0.15, -0.1) is 0 Å². The Morgan fingerprint density at radius 3 is 0.952 bits per heavy atom. The summed E-state index contributed by atoms with van der Waals surface area (Å²) in [6.45, 7) is 4.30. The zero-order chi connectivity index (χ0) is 61.2. The number of nitrogens with zero attached hydrogens (tertiary/aromatic N) is 1. The molecule has 9 nitrogen and oxygen atoms in total. The smallest absolute Gasteiger partial charge is 0.306 e. The highest BCUT2D eigenvalue weighted by Crippen LogP contribution is 2.38. The lowest BCUT2D eigenvalue weighted by molar-refractivity contribution is -0.870. The first-order valence-electron chi connectivity index (χ1n) is 36.7. The predicted molar refractivity (Wildman–Crippen MR) is 361 cm³/mol. The summed E-state index contributed by atoms with van der Waals surface area (Å²) in [6, 6.07) is 0. The molecular formula is C74H142NO8P. The third-order valence-corrected chi connectivity index (χ3v) is 17.6. The molecule has 0 spiro atoms. The summed E-state index contributed by atoms with van der Waals surface area (Å²) >= 11 is 0. The highest BCUT2D eigenvalue weighted by molar-refractivity contribution is 7.45. The lowest BCUT2D eigenvalue weighted by Gasteiger charge is -2.28. The maximum absolute atomic E-state index is 12.9. The second-order valence-electron chi connectivity index (χ2n) is 26.3. The van der Waals surface area contributed by atoms with Gasteiger partial charge in [0.05, 0.1) is 27.7 Å². The van der Waals surface area contributed by atoms with Crippen LogP contribution < -0.4 is 4.89 Å². The van der Waals surface area contributed by atoms with Crippen LogP contribution in [0.25, 0.3) is 0 Å². The minimum Gasteiger partial charge on any atom is -0.756 e. The van der Waals surface area contributed by atoms with Gasteiger partial charge in [0, 0.05) is 12.8 Å². The lowest BCUT2D eigenvalue weighted by atomic mass is 10.0. The molecule has 0 amide bonds. The van der Waals surface area contributed by atoms with E-state index in [-0.39, 0.29) is 32.0 Å². The summed E-state index contributed by atoms with van der Waals surface area (Å²) in [5.41, 5.74) is 0. The van der Waals surface area contributed by atoms with Crippen LogP contribution in [0.5, 0.6) is 0 Å². The molecule has 0 aromatic heterocycles. The molecule has 0 aromatic carbocycles. The predicted octanol–water partition coefficient (Wildman–Crippen LogP) is 23.2. The van der Waals surface area contributed by atoms with E-state index in [2.05, 4.69) is 50.3 Å². The molecule has 0 rings (SSSR count). The second-order valence-corrected chi connectivity index (χ2v) is 27.7. The SMILES string of the molecule is CCCCCCC/C=C\C/C=C\C/C=C\CCCCCCCCCCCCCCCCCCCCCCCCCCCCC(=O)OC(COC(=O)CCCCCCCCCCCCCCCCCCCCC)COP(=O)([O-])OCC[N+](C)(C)C. The van der Waals surface area contributed by atoms with E-state index in [0.717, 1.165) is 44.9 Å². The molecule has 496 valence electrons. The molecule has 0 aliphatic carbocycles. The van der Waals surface area contributed by atoms with Gasteiger partial charge in [-0.25, -0.2) is 0 Å². The van der Waals surface area contributed by atoms with Crippen LogP contribution in [0.4, 0.5) is 0 Å². The molecule has 2 unspecified atom stereocenters. The van der Waals surface area contributed by atoms with Crippen molar-refractivity contribution in [3.8, 4) is 0 Å². The first-order chi connectivity index (χ1) is 41.0. The lowest BCUT2D eigenvalue weighted by Crippen LogP contribution is -2.37. The van der Waals surface area contributed by atoms with E-state index in [1.54, 1.807) is 0 Å². The van der Waals surface area contributed by atoms with Crippen LogP contribution in [0.2, 0.25) is 0 Å². The van der Waals surface area contributed by atoms with Gasteiger partial charge in [0.25, 0.3) is 7.82 Å². The topological polar surface area (TPSA) is 111 Å². The molecule has 0 aliphatic rings. The van der Waals surface area contributed by atoms with Crippen molar-refractivity contribution in [3.05, 3.63) is 36.5 Å². The molecule has 0 saturated heterocycles. The van der Waals surface area contributed by atoms with E-state index in [1.807, 2.05) is 21.1 Å². The Kier molecular flexibility index (Phi) is 64.3. The van der Waals surface area contributed by atoms with E-state index < -0.39 is 26.5 Å². The van der Waals surface area contributed by atoms with Gasteiger partial charge in [-0.1, -0.05) is 346 Å². The summed E-state index contributed by atoms with van der Waals surface area (Å²) in [5.74, 6) is -0.809. The van der Waals surface area contributed by atoms with Gasteiger partial charge >= 0.3 is 11.9 Å². The number of likely N-dealkylation sites (N-methyl/N-ethyl adjacent to an activating group) is 1. The van der Waals surface area contributed by atoms with E-state index >= 15 is 0 Å². The van der Waals surface area contributed by atoms with Gasteiger partial charge in [-0.3, -0.25) is 14.2 Å². The fraction of sp³-hybridized carbons (Fsp3) is 0.892. The van der Waals surface area contributed by atoms with Crippen molar-refractivity contribution in [2.75, 3.05) is 47.5 Å². The zero-order valence-corrected chi connectivity index (χ0v) is 57.5. The number of phosphoric ester groups is 1. The molecule has 10 heteroatoms. The molecule has 0 aliphatic heterocycles. The first kappa shape index (κ1) is 82.2. The molecule has 0 heterocycles. The van der Waals surface area contributed by atoms with Crippen LogP contribution in [0, 0.1) is 0 Å². The molecule has 0 saturated carbocycles. The van der Waals surface area contributed by atoms with Gasteiger partial charge in [0.1, 0.15) is 19.8 Å². The Hall–Kier alpha value is -1.77. The number of carbonyl (C=O) groups excluding carboxylic acids is 2. The molecule has 2 atom stereocenters. The van der Waals surface area contributed by atoms with E-state index in [1.165, 1.54) is 295 Å². The van der Waals surface area contributed by atoms with Gasteiger partial charge in [0.2, 0.25) is 0 Å². The molecule has 0 fully saturated rings. The number of hydrogen-bond donors (Lipinski definition) is 0. The normalized spacial score (nSPS) is 13.3. The molecule has 0 bridgehead atoms. The van der Waals surface area contributed by atoms with Crippen LogP contribution in [0.1, 0.15) is 373 Å². The quantitative estimate of drug-likeness (QED) is 0.0195. The molecular weight excluding hydrogens is 1060 g/mol. The Bertz CT molecular complexity index is 1510. The number of allylic oxidation sites excluding steroid dienone is 6. The zero-order valence-electron chi connectivity index (χ0n) is 56.6. The van der Waals surface area contributed by atoms with Crippen LogP contribution in [0.3, 0.4) is 0 Å². The van der Waals surface area contributed by atoms with Gasteiger partial charge in [-0.2, -0.15) is 0 Å². The fourth-order valence-corrected chi connectivity index (χ4v) is 11.8. The number of unbranched alkanes of at least 4 members (excludes halogenated alkanes) is 49. The molecule has 0 N–H and O–H groups in total. The fourth-order valence-electron chi connectivity index (χ4n) is 11.0. The third-order valence-electron chi connectivity index (χ3n) is 16.7. The number of phosphoric acid groups is 1. The number of rotatable bonds is 69. The van der Waals surface area contributed by atoms with Crippen LogP contribution in [-0.4, -0.2) is 70.0 Å². The largest absolute Gasteiger partial charge is 0.756 e.